The van der Waals surface area contributed by atoms with Gasteiger partial charge in [-0.2, -0.15) is 0 Å². The Morgan fingerprint density at radius 3 is 2.76 bits per heavy atom. The van der Waals surface area contributed by atoms with E-state index in [1.165, 1.54) is 12.8 Å². The molecule has 1 saturated carbocycles. The molecule has 17 heavy (non-hydrogen) atoms. The number of hydrogen-bond donors (Lipinski definition) is 3. The van der Waals surface area contributed by atoms with Crippen molar-refractivity contribution >= 4 is 5.96 Å². The maximum atomic E-state index is 8.95. The van der Waals surface area contributed by atoms with Crippen molar-refractivity contribution in [2.75, 3.05) is 39.3 Å². The molecular formula is C11H23N5O. The number of aliphatic imine (C=N–C) groups is 1. The minimum atomic E-state index is 0.234. The van der Waals surface area contributed by atoms with Crippen LogP contribution in [0.1, 0.15) is 19.3 Å². The van der Waals surface area contributed by atoms with E-state index in [0.717, 1.165) is 45.1 Å². The second-order valence-corrected chi connectivity index (χ2v) is 4.73. The number of aliphatic hydroxyl groups excluding tert-OH is 1. The molecule has 0 aromatic carbocycles. The molecule has 2 fully saturated rings. The Morgan fingerprint density at radius 2 is 2.12 bits per heavy atom. The number of aliphatic hydroxyl groups is 1. The number of nitrogens with one attached hydrogen (secondary N) is 1. The number of nitrogens with two attached hydrogens (primary N) is 1. The number of hydrogen-bond acceptors (Lipinski definition) is 4. The van der Waals surface area contributed by atoms with Gasteiger partial charge in [0.25, 0.3) is 0 Å². The Kier molecular flexibility index (Phi) is 4.58. The van der Waals surface area contributed by atoms with Crippen molar-refractivity contribution in [1.82, 2.24) is 15.2 Å². The van der Waals surface area contributed by atoms with Crippen molar-refractivity contribution in [3.63, 3.8) is 0 Å². The zero-order valence-corrected chi connectivity index (χ0v) is 10.3. The SMILES string of the molecule is NNC(=NC1CC1)N1CCCN(CCO)CC1. The van der Waals surface area contributed by atoms with Crippen LogP contribution in [-0.2, 0) is 0 Å². The number of guanidine groups is 1. The quantitative estimate of drug-likeness (QED) is 0.255. The largest absolute Gasteiger partial charge is 0.395 e. The van der Waals surface area contributed by atoms with Gasteiger partial charge >= 0.3 is 0 Å². The molecule has 0 aromatic heterocycles. The van der Waals surface area contributed by atoms with Crippen LogP contribution in [0.3, 0.4) is 0 Å². The lowest BCUT2D eigenvalue weighted by molar-refractivity contribution is 0.201. The maximum absolute atomic E-state index is 8.95. The Morgan fingerprint density at radius 1 is 1.29 bits per heavy atom. The molecule has 0 bridgehead atoms. The lowest BCUT2D eigenvalue weighted by Crippen LogP contribution is -2.46. The summed E-state index contributed by atoms with van der Waals surface area (Å²) < 4.78 is 0. The number of hydrazine groups is 1. The van der Waals surface area contributed by atoms with E-state index in [0.29, 0.717) is 6.04 Å². The van der Waals surface area contributed by atoms with Gasteiger partial charge in [-0.05, 0) is 25.8 Å². The standard InChI is InChI=1S/C11H23N5O/c12-14-11(13-10-2-3-10)16-5-1-4-15(6-7-16)8-9-17/h10,17H,1-9,12H2,(H,13,14). The van der Waals surface area contributed by atoms with Gasteiger partial charge in [0.15, 0.2) is 0 Å². The van der Waals surface area contributed by atoms with Gasteiger partial charge in [-0.1, -0.05) is 0 Å². The van der Waals surface area contributed by atoms with Crippen LogP contribution in [-0.4, -0.2) is 66.2 Å². The smallest absolute Gasteiger partial charge is 0.208 e. The highest BCUT2D eigenvalue weighted by Gasteiger charge is 2.23. The monoisotopic (exact) mass is 241 g/mol. The molecule has 2 aliphatic rings. The van der Waals surface area contributed by atoms with Crippen LogP contribution < -0.4 is 11.3 Å². The van der Waals surface area contributed by atoms with Crippen molar-refractivity contribution in [2.45, 2.75) is 25.3 Å². The van der Waals surface area contributed by atoms with Crippen LogP contribution in [0.15, 0.2) is 4.99 Å². The van der Waals surface area contributed by atoms with Crippen molar-refractivity contribution in [3.05, 3.63) is 0 Å². The highest BCUT2D eigenvalue weighted by molar-refractivity contribution is 5.79. The Balaban J connectivity index is 1.87. The van der Waals surface area contributed by atoms with Crippen molar-refractivity contribution in [3.8, 4) is 0 Å². The molecule has 0 amide bonds. The van der Waals surface area contributed by atoms with E-state index in [1.807, 2.05) is 0 Å². The van der Waals surface area contributed by atoms with Gasteiger partial charge in [0, 0.05) is 26.2 Å². The van der Waals surface area contributed by atoms with E-state index in [2.05, 4.69) is 20.2 Å². The van der Waals surface area contributed by atoms with E-state index in [9.17, 15) is 0 Å². The molecule has 0 aromatic rings. The van der Waals surface area contributed by atoms with Crippen molar-refractivity contribution in [1.29, 1.82) is 0 Å². The zero-order valence-electron chi connectivity index (χ0n) is 10.3. The molecule has 6 heteroatoms. The van der Waals surface area contributed by atoms with Crippen LogP contribution >= 0.6 is 0 Å². The predicted octanol–water partition coefficient (Wildman–Crippen LogP) is -1.03. The molecule has 1 aliphatic carbocycles. The number of nitrogens with zero attached hydrogens (tertiary/aromatic N) is 3. The molecule has 6 nitrogen and oxygen atoms in total. The van der Waals surface area contributed by atoms with Crippen LogP contribution in [0.5, 0.6) is 0 Å². The topological polar surface area (TPSA) is 77.1 Å². The molecular weight excluding hydrogens is 218 g/mol. The molecule has 0 unspecified atom stereocenters. The fourth-order valence-electron chi connectivity index (χ4n) is 2.13. The molecule has 98 valence electrons. The molecule has 1 heterocycles. The average Bonchev–Trinajstić information content (AvgIpc) is 3.14. The molecule has 0 atom stereocenters. The van der Waals surface area contributed by atoms with E-state index in [4.69, 9.17) is 10.9 Å². The van der Waals surface area contributed by atoms with Gasteiger partial charge in [0.05, 0.1) is 12.6 Å². The average molecular weight is 241 g/mol. The summed E-state index contributed by atoms with van der Waals surface area (Å²) in [5, 5.41) is 8.95. The van der Waals surface area contributed by atoms with E-state index in [1.54, 1.807) is 0 Å². The van der Waals surface area contributed by atoms with Gasteiger partial charge in [-0.3, -0.25) is 10.3 Å². The summed E-state index contributed by atoms with van der Waals surface area (Å²) >= 11 is 0. The van der Waals surface area contributed by atoms with Gasteiger partial charge in [-0.15, -0.1) is 0 Å². The first-order valence-electron chi connectivity index (χ1n) is 6.46. The highest BCUT2D eigenvalue weighted by atomic mass is 16.3. The fraction of sp³-hybridized carbons (Fsp3) is 0.909. The third kappa shape index (κ3) is 3.83. The summed E-state index contributed by atoms with van der Waals surface area (Å²) in [6.07, 6.45) is 3.47. The van der Waals surface area contributed by atoms with E-state index in [-0.39, 0.29) is 6.61 Å². The predicted molar refractivity (Wildman–Crippen MR) is 67.5 cm³/mol. The minimum absolute atomic E-state index is 0.234. The zero-order chi connectivity index (χ0) is 12.1. The first-order valence-corrected chi connectivity index (χ1v) is 6.46. The number of β-amino-alcohol motifs (C(OH)–C–C–N with tert-alkyl or cyclic N) is 1. The molecule has 2 rings (SSSR count). The second kappa shape index (κ2) is 6.18. The van der Waals surface area contributed by atoms with Gasteiger partial charge in [0.1, 0.15) is 0 Å². The molecule has 1 saturated heterocycles. The summed E-state index contributed by atoms with van der Waals surface area (Å²) in [7, 11) is 0. The summed E-state index contributed by atoms with van der Waals surface area (Å²) in [6.45, 7) is 4.91. The van der Waals surface area contributed by atoms with Crippen LogP contribution in [0.25, 0.3) is 0 Å². The van der Waals surface area contributed by atoms with E-state index < -0.39 is 0 Å². The van der Waals surface area contributed by atoms with Crippen LogP contribution in [0.2, 0.25) is 0 Å². The first-order chi connectivity index (χ1) is 8.33. The summed E-state index contributed by atoms with van der Waals surface area (Å²) in [5.74, 6) is 6.38. The van der Waals surface area contributed by atoms with Crippen molar-refractivity contribution < 1.29 is 5.11 Å². The Labute approximate surface area is 102 Å². The van der Waals surface area contributed by atoms with Crippen molar-refractivity contribution in [2.24, 2.45) is 10.8 Å². The number of rotatable bonds is 3. The molecule has 1 aliphatic heterocycles. The molecule has 0 radical (unpaired) electrons. The lowest BCUT2D eigenvalue weighted by Gasteiger charge is -2.24. The van der Waals surface area contributed by atoms with E-state index >= 15 is 0 Å². The summed E-state index contributed by atoms with van der Waals surface area (Å²) in [5.41, 5.74) is 2.73. The minimum Gasteiger partial charge on any atom is -0.395 e. The summed E-state index contributed by atoms with van der Waals surface area (Å²) in [4.78, 5) is 9.08. The third-order valence-electron chi connectivity index (χ3n) is 3.29. The fourth-order valence-corrected chi connectivity index (χ4v) is 2.13. The van der Waals surface area contributed by atoms with Crippen LogP contribution in [0, 0.1) is 0 Å². The molecule has 4 N–H and O–H groups in total. The van der Waals surface area contributed by atoms with Crippen LogP contribution in [0.4, 0.5) is 0 Å². The molecule has 0 spiro atoms. The normalized spacial score (nSPS) is 23.6. The summed E-state index contributed by atoms with van der Waals surface area (Å²) in [6, 6.07) is 0.484. The highest BCUT2D eigenvalue weighted by Crippen LogP contribution is 2.23. The Bertz CT molecular complexity index is 267. The lowest BCUT2D eigenvalue weighted by atomic mass is 10.4. The van der Waals surface area contributed by atoms with Gasteiger partial charge in [-0.25, -0.2) is 10.8 Å². The third-order valence-corrected chi connectivity index (χ3v) is 3.29. The Hall–Kier alpha value is -0.850. The first kappa shape index (κ1) is 12.6. The second-order valence-electron chi connectivity index (χ2n) is 4.73. The van der Waals surface area contributed by atoms with Gasteiger partial charge in [0.2, 0.25) is 5.96 Å². The maximum Gasteiger partial charge on any atom is 0.208 e. The van der Waals surface area contributed by atoms with Gasteiger partial charge < -0.3 is 10.0 Å².